The highest BCUT2D eigenvalue weighted by atomic mass is 16.2. The average molecular weight is 323 g/mol. The Morgan fingerprint density at radius 3 is 2.62 bits per heavy atom. The van der Waals surface area contributed by atoms with E-state index in [4.69, 9.17) is 0 Å². The van der Waals surface area contributed by atoms with E-state index >= 15 is 0 Å². The van der Waals surface area contributed by atoms with Gasteiger partial charge in [-0.25, -0.2) is 5.43 Å². The minimum Gasteiger partial charge on any atom is -0.352 e. The van der Waals surface area contributed by atoms with Crippen LogP contribution in [0.4, 0.5) is 0 Å². The molecular weight excluding hydrogens is 298 g/mol. The van der Waals surface area contributed by atoms with Crippen LogP contribution in [0.1, 0.15) is 35.2 Å². The number of carbonyl (C=O) groups is 1. The minimum absolute atomic E-state index is 0.00720. The van der Waals surface area contributed by atoms with E-state index in [2.05, 4.69) is 66.4 Å². The summed E-state index contributed by atoms with van der Waals surface area (Å²) >= 11 is 0. The average Bonchev–Trinajstić information content (AvgIpc) is 3.10. The lowest BCUT2D eigenvalue weighted by atomic mass is 9.93. The Balaban J connectivity index is 1.66. The fourth-order valence-corrected chi connectivity index (χ4v) is 3.14. The summed E-state index contributed by atoms with van der Waals surface area (Å²) in [5.41, 5.74) is 11.2. The van der Waals surface area contributed by atoms with Crippen LogP contribution < -0.4 is 16.2 Å². The van der Waals surface area contributed by atoms with Crippen molar-refractivity contribution in [3.63, 3.8) is 0 Å². The van der Waals surface area contributed by atoms with Gasteiger partial charge in [0, 0.05) is 13.1 Å². The molecule has 1 saturated heterocycles. The van der Waals surface area contributed by atoms with Crippen LogP contribution in [0.3, 0.4) is 0 Å². The zero-order valence-electron chi connectivity index (χ0n) is 14.3. The quantitative estimate of drug-likeness (QED) is 0.793. The van der Waals surface area contributed by atoms with E-state index in [1.54, 1.807) is 0 Å². The van der Waals surface area contributed by atoms with Crippen LogP contribution >= 0.6 is 0 Å². The molecule has 1 aliphatic rings. The van der Waals surface area contributed by atoms with Gasteiger partial charge >= 0.3 is 0 Å². The molecule has 2 atom stereocenters. The monoisotopic (exact) mass is 323 g/mol. The number of amides is 1. The molecular formula is C20H25N3O. The van der Waals surface area contributed by atoms with Crippen LogP contribution in [0.15, 0.2) is 48.5 Å². The first-order chi connectivity index (χ1) is 11.7. The van der Waals surface area contributed by atoms with Crippen LogP contribution in [0.5, 0.6) is 0 Å². The molecule has 0 radical (unpaired) electrons. The van der Waals surface area contributed by atoms with Crippen LogP contribution in [0, 0.1) is 12.8 Å². The van der Waals surface area contributed by atoms with Crippen molar-refractivity contribution in [2.75, 3.05) is 6.54 Å². The van der Waals surface area contributed by atoms with Crippen molar-refractivity contribution in [3.8, 4) is 0 Å². The number of benzene rings is 2. The van der Waals surface area contributed by atoms with Crippen molar-refractivity contribution in [2.45, 2.75) is 32.9 Å². The zero-order chi connectivity index (χ0) is 16.9. The molecule has 3 rings (SSSR count). The summed E-state index contributed by atoms with van der Waals surface area (Å²) in [4.78, 5) is 12.6. The molecule has 1 amide bonds. The Bertz CT molecular complexity index is 696. The first-order valence-electron chi connectivity index (χ1n) is 8.58. The SMILES string of the molecule is CCc1ccc(C2NNCC2C(=O)NCc2ccccc2C)cc1. The van der Waals surface area contributed by atoms with Gasteiger partial charge in [0.15, 0.2) is 0 Å². The molecule has 3 N–H and O–H groups in total. The van der Waals surface area contributed by atoms with Crippen LogP contribution in [0.2, 0.25) is 0 Å². The maximum atomic E-state index is 12.6. The predicted octanol–water partition coefficient (Wildman–Crippen LogP) is 2.64. The predicted molar refractivity (Wildman–Crippen MR) is 96.2 cm³/mol. The van der Waals surface area contributed by atoms with E-state index in [-0.39, 0.29) is 17.9 Å². The number of carbonyl (C=O) groups excluding carboxylic acids is 1. The van der Waals surface area contributed by atoms with E-state index in [9.17, 15) is 4.79 Å². The Kier molecular flexibility index (Phi) is 5.28. The maximum absolute atomic E-state index is 12.6. The van der Waals surface area contributed by atoms with Gasteiger partial charge in [-0.2, -0.15) is 0 Å². The summed E-state index contributed by atoms with van der Waals surface area (Å²) in [7, 11) is 0. The van der Waals surface area contributed by atoms with Gasteiger partial charge in [-0.15, -0.1) is 0 Å². The largest absolute Gasteiger partial charge is 0.352 e. The molecule has 1 fully saturated rings. The van der Waals surface area contributed by atoms with Crippen molar-refractivity contribution in [1.82, 2.24) is 16.2 Å². The highest BCUT2D eigenvalue weighted by molar-refractivity contribution is 5.80. The second-order valence-corrected chi connectivity index (χ2v) is 6.35. The van der Waals surface area contributed by atoms with Gasteiger partial charge in [0.05, 0.1) is 12.0 Å². The number of hydrogen-bond donors (Lipinski definition) is 3. The van der Waals surface area contributed by atoms with Gasteiger partial charge in [-0.3, -0.25) is 10.2 Å². The molecule has 4 heteroatoms. The number of rotatable bonds is 5. The molecule has 0 saturated carbocycles. The normalized spacial score (nSPS) is 20.1. The van der Waals surface area contributed by atoms with Crippen LogP contribution in [-0.4, -0.2) is 12.5 Å². The molecule has 24 heavy (non-hydrogen) atoms. The summed E-state index contributed by atoms with van der Waals surface area (Å²) in [5.74, 6) is -0.0261. The molecule has 2 aromatic carbocycles. The highest BCUT2D eigenvalue weighted by Gasteiger charge is 2.33. The fourth-order valence-electron chi connectivity index (χ4n) is 3.14. The Hall–Kier alpha value is -2.17. The Labute approximate surface area is 143 Å². The van der Waals surface area contributed by atoms with Gasteiger partial charge in [0.25, 0.3) is 0 Å². The molecule has 0 bridgehead atoms. The lowest BCUT2D eigenvalue weighted by molar-refractivity contribution is -0.125. The molecule has 0 aromatic heterocycles. The van der Waals surface area contributed by atoms with E-state index in [1.165, 1.54) is 11.1 Å². The number of hydrazine groups is 1. The van der Waals surface area contributed by atoms with Gasteiger partial charge in [0.2, 0.25) is 5.91 Å². The third-order valence-corrected chi connectivity index (χ3v) is 4.78. The summed E-state index contributed by atoms with van der Waals surface area (Å²) in [6, 6.07) is 16.7. The number of nitrogens with one attached hydrogen (secondary N) is 3. The fraction of sp³-hybridized carbons (Fsp3) is 0.350. The summed E-state index contributed by atoms with van der Waals surface area (Å²) in [6.45, 7) is 5.42. The van der Waals surface area contributed by atoms with Gasteiger partial charge < -0.3 is 5.32 Å². The molecule has 0 aliphatic carbocycles. The third-order valence-electron chi connectivity index (χ3n) is 4.78. The highest BCUT2D eigenvalue weighted by Crippen LogP contribution is 2.25. The third kappa shape index (κ3) is 3.66. The lowest BCUT2D eigenvalue weighted by Crippen LogP contribution is -2.34. The topological polar surface area (TPSA) is 53.2 Å². The van der Waals surface area contributed by atoms with Crippen LogP contribution in [0.25, 0.3) is 0 Å². The van der Waals surface area contributed by atoms with Crippen molar-refractivity contribution in [3.05, 3.63) is 70.8 Å². The standard InChI is InChI=1S/C20H25N3O/c1-3-15-8-10-16(11-9-15)19-18(13-22-23-19)20(24)21-12-17-7-5-4-6-14(17)2/h4-11,18-19,22-23H,3,12-13H2,1-2H3,(H,21,24). The first-order valence-corrected chi connectivity index (χ1v) is 8.58. The van der Waals surface area contributed by atoms with Gasteiger partial charge in [-0.1, -0.05) is 55.5 Å². The van der Waals surface area contributed by atoms with E-state index in [1.807, 2.05) is 12.1 Å². The van der Waals surface area contributed by atoms with Crippen molar-refractivity contribution in [1.29, 1.82) is 0 Å². The van der Waals surface area contributed by atoms with Crippen molar-refractivity contribution < 1.29 is 4.79 Å². The van der Waals surface area contributed by atoms with Crippen molar-refractivity contribution >= 4 is 5.91 Å². The zero-order valence-corrected chi connectivity index (χ0v) is 14.3. The molecule has 4 nitrogen and oxygen atoms in total. The van der Waals surface area contributed by atoms with Gasteiger partial charge in [-0.05, 0) is 35.6 Å². The summed E-state index contributed by atoms with van der Waals surface area (Å²) in [5, 5.41) is 3.09. The molecule has 2 aromatic rings. The number of aryl methyl sites for hydroxylation is 2. The van der Waals surface area contributed by atoms with E-state index < -0.39 is 0 Å². The maximum Gasteiger partial charge on any atom is 0.226 e. The summed E-state index contributed by atoms with van der Waals surface area (Å²) < 4.78 is 0. The van der Waals surface area contributed by atoms with E-state index in [0.29, 0.717) is 13.1 Å². The second kappa shape index (κ2) is 7.60. The van der Waals surface area contributed by atoms with Gasteiger partial charge in [0.1, 0.15) is 0 Å². The Morgan fingerprint density at radius 2 is 1.92 bits per heavy atom. The minimum atomic E-state index is -0.110. The summed E-state index contributed by atoms with van der Waals surface area (Å²) in [6.07, 6.45) is 1.02. The molecule has 1 aliphatic heterocycles. The first kappa shape index (κ1) is 16.7. The van der Waals surface area contributed by atoms with E-state index in [0.717, 1.165) is 17.5 Å². The molecule has 2 unspecified atom stereocenters. The van der Waals surface area contributed by atoms with Crippen LogP contribution in [-0.2, 0) is 17.8 Å². The number of hydrogen-bond acceptors (Lipinski definition) is 3. The van der Waals surface area contributed by atoms with Crippen molar-refractivity contribution in [2.24, 2.45) is 5.92 Å². The lowest BCUT2D eigenvalue weighted by Gasteiger charge is -2.19. The molecule has 1 heterocycles. The smallest absolute Gasteiger partial charge is 0.226 e. The molecule has 0 spiro atoms. The molecule has 126 valence electrons. The Morgan fingerprint density at radius 1 is 1.17 bits per heavy atom. The second-order valence-electron chi connectivity index (χ2n) is 6.35.